The molecule has 4 heterocycles. The molecule has 6 rings (SSSR count). The smallest absolute Gasteiger partial charge is 0.253 e. The van der Waals surface area contributed by atoms with E-state index in [-0.39, 0.29) is 5.56 Å². The summed E-state index contributed by atoms with van der Waals surface area (Å²) in [6.07, 6.45) is 1.65. The monoisotopic (exact) mass is 538 g/mol. The first-order chi connectivity index (χ1) is 19.2. The summed E-state index contributed by atoms with van der Waals surface area (Å²) in [4.78, 5) is 20.1. The van der Waals surface area contributed by atoms with E-state index in [1.54, 1.807) is 29.4 Å². The van der Waals surface area contributed by atoms with E-state index in [9.17, 15) is 4.79 Å². The summed E-state index contributed by atoms with van der Waals surface area (Å²) < 4.78 is 13.0. The van der Waals surface area contributed by atoms with Crippen LogP contribution in [0.25, 0.3) is 10.9 Å². The summed E-state index contributed by atoms with van der Waals surface area (Å²) in [5, 5.41) is 15.7. The predicted octanol–water partition coefficient (Wildman–Crippen LogP) is 5.02. The van der Waals surface area contributed by atoms with E-state index in [2.05, 4.69) is 31.5 Å². The summed E-state index contributed by atoms with van der Waals surface area (Å²) in [6.45, 7) is 1.48. The van der Waals surface area contributed by atoms with E-state index in [4.69, 9.17) is 9.15 Å². The first-order valence-corrected chi connectivity index (χ1v) is 13.4. The molecule has 0 radical (unpaired) electrons. The Morgan fingerprint density at radius 2 is 1.95 bits per heavy atom. The topological polar surface area (TPSA) is 102 Å². The van der Waals surface area contributed by atoms with Gasteiger partial charge < -0.3 is 14.1 Å². The zero-order valence-corrected chi connectivity index (χ0v) is 22.0. The van der Waals surface area contributed by atoms with Gasteiger partial charge in [-0.05, 0) is 63.8 Å². The maximum absolute atomic E-state index is 13.7. The Hall–Kier alpha value is -4.54. The number of fused-ring (bicyclic) bond motifs is 1. The molecule has 0 bridgehead atoms. The first kappa shape index (κ1) is 24.8. The van der Waals surface area contributed by atoms with Crippen molar-refractivity contribution < 1.29 is 9.15 Å². The van der Waals surface area contributed by atoms with Crippen molar-refractivity contribution in [1.29, 1.82) is 0 Å². The lowest BCUT2D eigenvalue weighted by Gasteiger charge is -2.30. The lowest BCUT2D eigenvalue weighted by molar-refractivity contribution is 0.181. The van der Waals surface area contributed by atoms with E-state index < -0.39 is 6.04 Å². The molecule has 196 valence electrons. The Labute approximate surface area is 228 Å². The third-order valence-electron chi connectivity index (χ3n) is 6.60. The van der Waals surface area contributed by atoms with Crippen molar-refractivity contribution in [2.75, 3.05) is 7.11 Å². The second kappa shape index (κ2) is 11.1. The van der Waals surface area contributed by atoms with Crippen molar-refractivity contribution in [1.82, 2.24) is 30.1 Å². The standard InChI is InChI=1S/C29H26N6O3S/c1-37-22-11-12-26-21(15-22)16-25(29(36)30-26)27(28-31-32-33-35(28)17-20-7-3-2-4-8-20)34(18-23-9-5-13-38-23)19-24-10-6-14-39-24/h2-16,27H,17-19H2,1H3,(H,30,36)/t27-/m1/s1. The minimum Gasteiger partial charge on any atom is -0.497 e. The fourth-order valence-corrected chi connectivity index (χ4v) is 5.48. The van der Waals surface area contributed by atoms with Gasteiger partial charge in [-0.1, -0.05) is 36.4 Å². The van der Waals surface area contributed by atoms with Crippen LogP contribution < -0.4 is 10.3 Å². The Morgan fingerprint density at radius 3 is 2.72 bits per heavy atom. The van der Waals surface area contributed by atoms with Crippen molar-refractivity contribution in [2.45, 2.75) is 25.7 Å². The third-order valence-corrected chi connectivity index (χ3v) is 7.46. The van der Waals surface area contributed by atoms with Gasteiger partial charge in [0.05, 0.1) is 26.5 Å². The molecule has 0 aliphatic heterocycles. The number of ether oxygens (including phenoxy) is 1. The highest BCUT2D eigenvalue weighted by Gasteiger charge is 2.31. The first-order valence-electron chi connectivity index (χ1n) is 12.5. The molecule has 39 heavy (non-hydrogen) atoms. The number of thiophene rings is 1. The molecule has 0 aliphatic carbocycles. The minimum atomic E-state index is -0.574. The highest BCUT2D eigenvalue weighted by molar-refractivity contribution is 7.09. The average Bonchev–Trinajstić information content (AvgIpc) is 3.74. The number of nitrogens with one attached hydrogen (secondary N) is 1. The van der Waals surface area contributed by atoms with Gasteiger partial charge in [0.1, 0.15) is 17.6 Å². The Morgan fingerprint density at radius 1 is 1.05 bits per heavy atom. The van der Waals surface area contributed by atoms with Crippen molar-refractivity contribution >= 4 is 22.2 Å². The third kappa shape index (κ3) is 5.38. The molecule has 0 fully saturated rings. The Balaban J connectivity index is 1.52. The molecular formula is C29H26N6O3S. The second-order valence-electron chi connectivity index (χ2n) is 9.15. The van der Waals surface area contributed by atoms with E-state index in [1.807, 2.05) is 78.2 Å². The lowest BCUT2D eigenvalue weighted by Crippen LogP contribution is -2.34. The van der Waals surface area contributed by atoms with Crippen LogP contribution in [0.1, 0.15) is 33.6 Å². The molecule has 9 nitrogen and oxygen atoms in total. The average molecular weight is 539 g/mol. The number of pyridine rings is 1. The normalized spacial score (nSPS) is 12.3. The lowest BCUT2D eigenvalue weighted by atomic mass is 10.0. The zero-order valence-electron chi connectivity index (χ0n) is 21.2. The summed E-state index contributed by atoms with van der Waals surface area (Å²) in [6, 6.07) is 24.8. The molecule has 0 saturated carbocycles. The van der Waals surface area contributed by atoms with Gasteiger partial charge in [-0.2, -0.15) is 0 Å². The van der Waals surface area contributed by atoms with E-state index >= 15 is 0 Å². The van der Waals surface area contributed by atoms with Crippen LogP contribution in [-0.2, 0) is 19.6 Å². The minimum absolute atomic E-state index is 0.206. The summed E-state index contributed by atoms with van der Waals surface area (Å²) in [5.41, 5.74) is 2.10. The Kier molecular flexibility index (Phi) is 7.03. The predicted molar refractivity (Wildman–Crippen MR) is 149 cm³/mol. The molecule has 2 aromatic carbocycles. The van der Waals surface area contributed by atoms with Crippen LogP contribution in [0.2, 0.25) is 0 Å². The highest BCUT2D eigenvalue weighted by atomic mass is 32.1. The maximum Gasteiger partial charge on any atom is 0.253 e. The van der Waals surface area contributed by atoms with E-state index in [1.165, 1.54) is 0 Å². The molecule has 0 saturated heterocycles. The number of methoxy groups -OCH3 is 1. The maximum atomic E-state index is 13.7. The number of aromatic nitrogens is 5. The molecule has 0 spiro atoms. The molecule has 10 heteroatoms. The van der Waals surface area contributed by atoms with Gasteiger partial charge in [-0.25, -0.2) is 4.68 Å². The molecule has 0 aliphatic rings. The van der Waals surface area contributed by atoms with Crippen LogP contribution in [0.15, 0.2) is 99.7 Å². The van der Waals surface area contributed by atoms with E-state index in [0.29, 0.717) is 36.8 Å². The SMILES string of the molecule is COc1ccc2[nH]c(=O)c([C@H](c3nnnn3Cc3ccccc3)N(Cc3ccco3)Cc3cccs3)cc2c1. The number of nitrogens with zero attached hydrogens (tertiary/aromatic N) is 5. The van der Waals surface area contributed by atoms with Crippen LogP contribution in [0.4, 0.5) is 0 Å². The van der Waals surface area contributed by atoms with Crippen LogP contribution in [0.5, 0.6) is 5.75 Å². The largest absolute Gasteiger partial charge is 0.497 e. The van der Waals surface area contributed by atoms with Gasteiger partial charge in [0.15, 0.2) is 5.82 Å². The number of benzene rings is 2. The fraction of sp³-hybridized carbons (Fsp3) is 0.172. The van der Waals surface area contributed by atoms with E-state index in [0.717, 1.165) is 27.1 Å². The number of hydrogen-bond donors (Lipinski definition) is 1. The molecule has 0 amide bonds. The van der Waals surface area contributed by atoms with Crippen LogP contribution in [0.3, 0.4) is 0 Å². The molecule has 6 aromatic rings. The van der Waals surface area contributed by atoms with Crippen LogP contribution in [0, 0.1) is 0 Å². The highest BCUT2D eigenvalue weighted by Crippen LogP contribution is 2.31. The number of rotatable bonds is 10. The molecule has 1 N–H and O–H groups in total. The number of H-pyrrole nitrogens is 1. The van der Waals surface area contributed by atoms with Gasteiger partial charge in [-0.3, -0.25) is 9.69 Å². The van der Waals surface area contributed by atoms with Crippen molar-refractivity contribution in [2.24, 2.45) is 0 Å². The van der Waals surface area contributed by atoms with Gasteiger partial charge >= 0.3 is 0 Å². The summed E-state index contributed by atoms with van der Waals surface area (Å²) in [7, 11) is 1.63. The van der Waals surface area contributed by atoms with Gasteiger partial charge in [-0.15, -0.1) is 16.4 Å². The molecule has 4 aromatic heterocycles. The van der Waals surface area contributed by atoms with Gasteiger partial charge in [0.2, 0.25) is 0 Å². The van der Waals surface area contributed by atoms with Crippen molar-refractivity contribution in [3.8, 4) is 5.75 Å². The van der Waals surface area contributed by atoms with Crippen molar-refractivity contribution in [3.63, 3.8) is 0 Å². The van der Waals surface area contributed by atoms with Crippen LogP contribution in [-0.4, -0.2) is 37.2 Å². The molecular weight excluding hydrogens is 512 g/mol. The summed E-state index contributed by atoms with van der Waals surface area (Å²) >= 11 is 1.66. The number of hydrogen-bond acceptors (Lipinski definition) is 8. The Bertz CT molecular complexity index is 1680. The van der Waals surface area contributed by atoms with Crippen LogP contribution >= 0.6 is 11.3 Å². The molecule has 0 unspecified atom stereocenters. The van der Waals surface area contributed by atoms with Crippen molar-refractivity contribution in [3.05, 3.63) is 128 Å². The molecule has 1 atom stereocenters. The number of tetrazole rings is 1. The fourth-order valence-electron chi connectivity index (χ4n) is 4.75. The quantitative estimate of drug-likeness (QED) is 0.261. The second-order valence-corrected chi connectivity index (χ2v) is 10.2. The van der Waals surface area contributed by atoms with Gasteiger partial charge in [0.25, 0.3) is 5.56 Å². The number of furan rings is 1. The summed E-state index contributed by atoms with van der Waals surface area (Å²) in [5.74, 6) is 2.05. The number of aromatic amines is 1. The van der Waals surface area contributed by atoms with Gasteiger partial charge in [0, 0.05) is 27.9 Å². The zero-order chi connectivity index (χ0) is 26.6.